The van der Waals surface area contributed by atoms with E-state index >= 15 is 0 Å². The number of methoxy groups -OCH3 is 2. The molecule has 1 aromatic rings. The second-order valence-corrected chi connectivity index (χ2v) is 15.6. The lowest BCUT2D eigenvalue weighted by Crippen LogP contribution is -2.59. The number of likely N-dealkylation sites (N-methyl/N-ethyl adjacent to an activating group) is 2. The number of aliphatic hydroxyl groups excluding tert-OH is 1. The van der Waals surface area contributed by atoms with Gasteiger partial charge in [0.25, 0.3) is 0 Å². The maximum Gasteiger partial charge on any atom is 0.245 e. The van der Waals surface area contributed by atoms with Crippen LogP contribution in [0.5, 0.6) is 0 Å². The number of rotatable bonds is 20. The summed E-state index contributed by atoms with van der Waals surface area (Å²) in [5, 5.41) is 16.8. The SMILES string of the molecule is CC[C@H](C)C([C@@H](CC(=O)N1CCCC1[C@H](OC)[C@@H](C)C(=O)N[C@H](C)[C@@H](O)c1ccccc1)OC)N(C)C(=O)[C@@H](NC(=O)[C@H](C(C)C)N(C)C)C(C)C. The maximum absolute atomic E-state index is 14.2. The fraction of sp³-hybridized carbons (Fsp3) is 0.750. The monoisotopic (exact) mass is 732 g/mol. The minimum atomic E-state index is -0.876. The van der Waals surface area contributed by atoms with Crippen LogP contribution in [0.25, 0.3) is 0 Å². The molecule has 0 saturated carbocycles. The minimum Gasteiger partial charge on any atom is -0.386 e. The first kappa shape index (κ1) is 45.1. The quantitative estimate of drug-likeness (QED) is 0.184. The van der Waals surface area contributed by atoms with E-state index in [9.17, 15) is 24.3 Å². The molecule has 52 heavy (non-hydrogen) atoms. The van der Waals surface area contributed by atoms with Crippen molar-refractivity contribution < 1.29 is 33.8 Å². The minimum absolute atomic E-state index is 0.0153. The van der Waals surface area contributed by atoms with Gasteiger partial charge in [-0.3, -0.25) is 24.1 Å². The first-order valence-corrected chi connectivity index (χ1v) is 19.0. The zero-order chi connectivity index (χ0) is 39.4. The molecule has 0 aromatic heterocycles. The van der Waals surface area contributed by atoms with Crippen LogP contribution in [0.4, 0.5) is 0 Å². The van der Waals surface area contributed by atoms with Crippen molar-refractivity contribution in [2.45, 2.75) is 130 Å². The van der Waals surface area contributed by atoms with Gasteiger partial charge in [-0.1, -0.05) is 85.2 Å². The summed E-state index contributed by atoms with van der Waals surface area (Å²) in [4.78, 5) is 60.6. The van der Waals surface area contributed by atoms with E-state index in [2.05, 4.69) is 10.6 Å². The van der Waals surface area contributed by atoms with E-state index in [1.165, 1.54) is 0 Å². The Morgan fingerprint density at radius 1 is 0.904 bits per heavy atom. The van der Waals surface area contributed by atoms with Gasteiger partial charge in [0.2, 0.25) is 23.6 Å². The first-order valence-electron chi connectivity index (χ1n) is 19.0. The van der Waals surface area contributed by atoms with Gasteiger partial charge >= 0.3 is 0 Å². The number of carbonyl (C=O) groups is 4. The van der Waals surface area contributed by atoms with Gasteiger partial charge in [0.15, 0.2) is 0 Å². The fourth-order valence-corrected chi connectivity index (χ4v) is 7.78. The molecule has 2 rings (SSSR count). The molecule has 4 amide bonds. The average Bonchev–Trinajstić information content (AvgIpc) is 3.59. The Balaban J connectivity index is 2.25. The molecule has 1 aliphatic rings. The second-order valence-electron chi connectivity index (χ2n) is 15.6. The Morgan fingerprint density at radius 2 is 1.52 bits per heavy atom. The largest absolute Gasteiger partial charge is 0.386 e. The molecular weight excluding hydrogens is 662 g/mol. The third-order valence-electron chi connectivity index (χ3n) is 10.9. The van der Waals surface area contributed by atoms with Crippen LogP contribution in [0, 0.1) is 23.7 Å². The highest BCUT2D eigenvalue weighted by Crippen LogP contribution is 2.30. The Hall–Kier alpha value is -3.06. The molecular formula is C40H69N5O7. The van der Waals surface area contributed by atoms with E-state index in [0.29, 0.717) is 18.5 Å². The van der Waals surface area contributed by atoms with Crippen LogP contribution in [-0.4, -0.2) is 128 Å². The summed E-state index contributed by atoms with van der Waals surface area (Å²) in [6.07, 6.45) is 0.148. The second kappa shape index (κ2) is 21.0. The van der Waals surface area contributed by atoms with Crippen LogP contribution in [-0.2, 0) is 28.7 Å². The van der Waals surface area contributed by atoms with E-state index in [1.54, 1.807) is 44.9 Å². The molecule has 2 unspecified atom stereocenters. The molecule has 0 aliphatic carbocycles. The Bertz CT molecular complexity index is 1270. The summed E-state index contributed by atoms with van der Waals surface area (Å²) in [7, 11) is 8.57. The van der Waals surface area contributed by atoms with Gasteiger partial charge in [-0.2, -0.15) is 0 Å². The normalized spacial score (nSPS) is 20.1. The van der Waals surface area contributed by atoms with Gasteiger partial charge in [0.1, 0.15) is 6.04 Å². The average molecular weight is 732 g/mol. The fourth-order valence-electron chi connectivity index (χ4n) is 7.78. The molecule has 1 aliphatic heterocycles. The van der Waals surface area contributed by atoms with Crippen molar-refractivity contribution in [3.8, 4) is 0 Å². The maximum atomic E-state index is 14.2. The predicted molar refractivity (Wildman–Crippen MR) is 204 cm³/mol. The van der Waals surface area contributed by atoms with E-state index in [0.717, 1.165) is 12.8 Å². The third-order valence-corrected chi connectivity index (χ3v) is 10.9. The van der Waals surface area contributed by atoms with Crippen LogP contribution in [0.1, 0.15) is 92.7 Å². The van der Waals surface area contributed by atoms with Gasteiger partial charge in [-0.05, 0) is 57.2 Å². The van der Waals surface area contributed by atoms with Gasteiger partial charge in [-0.15, -0.1) is 0 Å². The predicted octanol–water partition coefficient (Wildman–Crippen LogP) is 3.87. The van der Waals surface area contributed by atoms with Crippen LogP contribution in [0.2, 0.25) is 0 Å². The lowest BCUT2D eigenvalue weighted by Gasteiger charge is -2.41. The number of aliphatic hydroxyl groups is 1. The summed E-state index contributed by atoms with van der Waals surface area (Å²) in [6, 6.07) is 6.72. The zero-order valence-electron chi connectivity index (χ0n) is 34.1. The van der Waals surface area contributed by atoms with Gasteiger partial charge < -0.3 is 35.0 Å². The molecule has 12 heteroatoms. The van der Waals surface area contributed by atoms with Crippen molar-refractivity contribution in [2.75, 3.05) is 41.9 Å². The summed E-state index contributed by atoms with van der Waals surface area (Å²) >= 11 is 0. The molecule has 1 heterocycles. The number of nitrogens with one attached hydrogen (secondary N) is 2. The van der Waals surface area contributed by atoms with Crippen molar-refractivity contribution in [1.29, 1.82) is 0 Å². The molecule has 1 saturated heterocycles. The summed E-state index contributed by atoms with van der Waals surface area (Å²) < 4.78 is 11.9. The number of benzene rings is 1. The Morgan fingerprint density at radius 3 is 2.02 bits per heavy atom. The van der Waals surface area contributed by atoms with E-state index in [4.69, 9.17) is 9.47 Å². The standard InChI is InChI=1S/C40H69N5O7/c1-14-26(6)35(44(11)40(50)33(24(2)3)42-39(49)34(25(4)5)43(9)10)31(51-12)23-32(46)45-22-18-21-30(45)37(52-13)27(7)38(48)41-28(8)36(47)29-19-16-15-17-20-29/h15-17,19-20,24-28,30-31,33-37,47H,14,18,21-23H2,1-13H3,(H,41,48)(H,42,49)/t26-,27+,28+,30?,31+,33-,34-,35?,36+,37+/m0/s1. The molecule has 0 spiro atoms. The van der Waals surface area contributed by atoms with Crippen molar-refractivity contribution in [3.05, 3.63) is 35.9 Å². The van der Waals surface area contributed by atoms with E-state index < -0.39 is 48.4 Å². The number of likely N-dealkylation sites (tertiary alicyclic amines) is 1. The molecule has 0 bridgehead atoms. The number of nitrogens with zero attached hydrogens (tertiary/aromatic N) is 3. The van der Waals surface area contributed by atoms with Gasteiger partial charge in [-0.25, -0.2) is 0 Å². The molecule has 1 fully saturated rings. The van der Waals surface area contributed by atoms with Crippen molar-refractivity contribution in [3.63, 3.8) is 0 Å². The summed E-state index contributed by atoms with van der Waals surface area (Å²) in [5.41, 5.74) is 0.711. The number of hydrogen-bond acceptors (Lipinski definition) is 8. The number of hydrogen-bond donors (Lipinski definition) is 3. The van der Waals surface area contributed by atoms with Crippen LogP contribution in [0.3, 0.4) is 0 Å². The lowest BCUT2D eigenvalue weighted by molar-refractivity contribution is -0.148. The molecule has 12 nitrogen and oxygen atoms in total. The molecule has 296 valence electrons. The topological polar surface area (TPSA) is 141 Å². The number of carbonyl (C=O) groups excluding carboxylic acids is 4. The molecule has 1 aromatic carbocycles. The first-order chi connectivity index (χ1) is 24.4. The van der Waals surface area contributed by atoms with Crippen molar-refractivity contribution in [1.82, 2.24) is 25.3 Å². The third kappa shape index (κ3) is 11.5. The van der Waals surface area contributed by atoms with Crippen molar-refractivity contribution in [2.24, 2.45) is 23.7 Å². The number of ether oxygens (including phenoxy) is 2. The molecule has 0 radical (unpaired) electrons. The van der Waals surface area contributed by atoms with Gasteiger partial charge in [0, 0.05) is 27.8 Å². The smallest absolute Gasteiger partial charge is 0.245 e. The van der Waals surface area contributed by atoms with Crippen LogP contribution in [0.15, 0.2) is 30.3 Å². The molecule has 3 N–H and O–H groups in total. The summed E-state index contributed by atoms with van der Waals surface area (Å²) in [6.45, 7) is 16.0. The highest BCUT2D eigenvalue weighted by molar-refractivity contribution is 5.90. The van der Waals surface area contributed by atoms with E-state index in [-0.39, 0.29) is 53.8 Å². The van der Waals surface area contributed by atoms with Crippen LogP contribution < -0.4 is 10.6 Å². The molecule has 10 atom stereocenters. The Labute approximate surface area is 313 Å². The highest BCUT2D eigenvalue weighted by Gasteiger charge is 2.43. The highest BCUT2D eigenvalue weighted by atomic mass is 16.5. The van der Waals surface area contributed by atoms with E-state index in [1.807, 2.05) is 90.9 Å². The van der Waals surface area contributed by atoms with Crippen molar-refractivity contribution >= 4 is 23.6 Å². The Kier molecular flexibility index (Phi) is 18.2. The number of amides is 4. The van der Waals surface area contributed by atoms with Gasteiger partial charge in [0.05, 0.1) is 54.8 Å². The van der Waals surface area contributed by atoms with Crippen LogP contribution >= 0.6 is 0 Å². The lowest BCUT2D eigenvalue weighted by atomic mass is 9.89. The zero-order valence-corrected chi connectivity index (χ0v) is 34.1. The summed E-state index contributed by atoms with van der Waals surface area (Å²) in [5.74, 6) is -1.57.